The molecule has 0 aliphatic heterocycles. The molecule has 1 atom stereocenters. The highest BCUT2D eigenvalue weighted by atomic mass is 35.5. The predicted octanol–water partition coefficient (Wildman–Crippen LogP) is 4.44. The number of hydrogen-bond acceptors (Lipinski definition) is 1. The standard InChI is InChI=1S/C16H16ClN/c1-12(14-9-5-6-10-15(14)17)11-16(18)13-7-3-2-4-8-13/h2-10,16H,1,11,18H2. The molecule has 0 heterocycles. The summed E-state index contributed by atoms with van der Waals surface area (Å²) in [5, 5.41) is 0.725. The van der Waals surface area contributed by atoms with E-state index >= 15 is 0 Å². The maximum absolute atomic E-state index is 6.18. The van der Waals surface area contributed by atoms with E-state index in [0.29, 0.717) is 6.42 Å². The van der Waals surface area contributed by atoms with E-state index in [0.717, 1.165) is 21.7 Å². The largest absolute Gasteiger partial charge is 0.324 e. The molecule has 0 saturated carbocycles. The Morgan fingerprint density at radius 1 is 1.06 bits per heavy atom. The van der Waals surface area contributed by atoms with Crippen LogP contribution in [-0.2, 0) is 0 Å². The normalized spacial score (nSPS) is 12.1. The van der Waals surface area contributed by atoms with Crippen LogP contribution in [0.25, 0.3) is 5.57 Å². The lowest BCUT2D eigenvalue weighted by Crippen LogP contribution is -2.10. The van der Waals surface area contributed by atoms with Gasteiger partial charge in [-0.1, -0.05) is 66.7 Å². The number of rotatable bonds is 4. The first-order chi connectivity index (χ1) is 8.68. The summed E-state index contributed by atoms with van der Waals surface area (Å²) in [6.45, 7) is 4.09. The van der Waals surface area contributed by atoms with Crippen molar-refractivity contribution in [2.45, 2.75) is 12.5 Å². The molecule has 18 heavy (non-hydrogen) atoms. The van der Waals surface area contributed by atoms with Crippen molar-refractivity contribution in [2.75, 3.05) is 0 Å². The molecule has 0 amide bonds. The molecule has 0 spiro atoms. The summed E-state index contributed by atoms with van der Waals surface area (Å²) < 4.78 is 0. The fourth-order valence-corrected chi connectivity index (χ4v) is 2.21. The Balaban J connectivity index is 2.11. The second-order valence-corrected chi connectivity index (χ2v) is 4.71. The van der Waals surface area contributed by atoms with Crippen LogP contribution < -0.4 is 5.73 Å². The van der Waals surface area contributed by atoms with Crippen molar-refractivity contribution in [2.24, 2.45) is 5.73 Å². The number of nitrogens with two attached hydrogens (primary N) is 1. The molecule has 92 valence electrons. The van der Waals surface area contributed by atoms with Gasteiger partial charge in [-0.2, -0.15) is 0 Å². The SMILES string of the molecule is C=C(CC(N)c1ccccc1)c1ccccc1Cl. The summed E-state index contributed by atoms with van der Waals surface area (Å²) in [6.07, 6.45) is 0.702. The average molecular weight is 258 g/mol. The van der Waals surface area contributed by atoms with Crippen LogP contribution in [0.1, 0.15) is 23.6 Å². The van der Waals surface area contributed by atoms with Gasteiger partial charge in [0.15, 0.2) is 0 Å². The zero-order chi connectivity index (χ0) is 13.0. The maximum atomic E-state index is 6.18. The van der Waals surface area contributed by atoms with E-state index in [1.165, 1.54) is 0 Å². The summed E-state index contributed by atoms with van der Waals surface area (Å²) in [6, 6.07) is 17.7. The molecular formula is C16H16ClN. The first-order valence-corrected chi connectivity index (χ1v) is 6.29. The highest BCUT2D eigenvalue weighted by molar-refractivity contribution is 6.32. The van der Waals surface area contributed by atoms with Gasteiger partial charge in [0, 0.05) is 11.1 Å². The summed E-state index contributed by atoms with van der Waals surface area (Å²) >= 11 is 6.15. The van der Waals surface area contributed by atoms with Crippen molar-refractivity contribution in [1.82, 2.24) is 0 Å². The monoisotopic (exact) mass is 257 g/mol. The Morgan fingerprint density at radius 3 is 2.33 bits per heavy atom. The Hall–Kier alpha value is -1.57. The Kier molecular flexibility index (Phi) is 4.19. The van der Waals surface area contributed by atoms with Crippen molar-refractivity contribution in [1.29, 1.82) is 0 Å². The fourth-order valence-electron chi connectivity index (χ4n) is 1.94. The molecule has 2 aromatic rings. The Morgan fingerprint density at radius 2 is 1.67 bits per heavy atom. The second-order valence-electron chi connectivity index (χ2n) is 4.30. The van der Waals surface area contributed by atoms with E-state index in [4.69, 9.17) is 17.3 Å². The molecule has 2 heteroatoms. The molecule has 1 unspecified atom stereocenters. The molecule has 0 saturated heterocycles. The molecule has 2 N–H and O–H groups in total. The molecular weight excluding hydrogens is 242 g/mol. The molecule has 0 radical (unpaired) electrons. The van der Waals surface area contributed by atoms with E-state index in [-0.39, 0.29) is 6.04 Å². The highest BCUT2D eigenvalue weighted by Gasteiger charge is 2.10. The average Bonchev–Trinajstić information content (AvgIpc) is 2.40. The van der Waals surface area contributed by atoms with Crippen LogP contribution in [0.4, 0.5) is 0 Å². The lowest BCUT2D eigenvalue weighted by molar-refractivity contribution is 0.752. The van der Waals surface area contributed by atoms with E-state index < -0.39 is 0 Å². The van der Waals surface area contributed by atoms with Crippen molar-refractivity contribution >= 4 is 17.2 Å². The first-order valence-electron chi connectivity index (χ1n) is 5.91. The van der Waals surface area contributed by atoms with Gasteiger partial charge in [-0.3, -0.25) is 0 Å². The van der Waals surface area contributed by atoms with Crippen LogP contribution in [0.2, 0.25) is 5.02 Å². The van der Waals surface area contributed by atoms with Crippen molar-refractivity contribution in [3.8, 4) is 0 Å². The zero-order valence-corrected chi connectivity index (χ0v) is 10.9. The lowest BCUT2D eigenvalue weighted by atomic mass is 9.96. The molecule has 2 rings (SSSR count). The van der Waals surface area contributed by atoms with Crippen LogP contribution in [0.15, 0.2) is 61.2 Å². The third-order valence-corrected chi connectivity index (χ3v) is 3.28. The summed E-state index contributed by atoms with van der Waals surface area (Å²) in [4.78, 5) is 0. The summed E-state index contributed by atoms with van der Waals surface area (Å²) in [5.74, 6) is 0. The minimum Gasteiger partial charge on any atom is -0.324 e. The predicted molar refractivity (Wildman–Crippen MR) is 78.5 cm³/mol. The molecule has 0 fully saturated rings. The van der Waals surface area contributed by atoms with Crippen LogP contribution in [-0.4, -0.2) is 0 Å². The van der Waals surface area contributed by atoms with Gasteiger partial charge in [0.2, 0.25) is 0 Å². The first kappa shape index (κ1) is 12.9. The van der Waals surface area contributed by atoms with Crippen molar-refractivity contribution in [3.05, 3.63) is 77.3 Å². The van der Waals surface area contributed by atoms with Crippen LogP contribution in [0.5, 0.6) is 0 Å². The smallest absolute Gasteiger partial charge is 0.0480 e. The minimum absolute atomic E-state index is 0.0463. The third kappa shape index (κ3) is 3.00. The van der Waals surface area contributed by atoms with Gasteiger partial charge in [0.25, 0.3) is 0 Å². The van der Waals surface area contributed by atoms with E-state index in [9.17, 15) is 0 Å². The van der Waals surface area contributed by atoms with Gasteiger partial charge in [-0.05, 0) is 29.2 Å². The number of halogens is 1. The Labute approximate surface area is 113 Å². The van der Waals surface area contributed by atoms with Crippen molar-refractivity contribution in [3.63, 3.8) is 0 Å². The van der Waals surface area contributed by atoms with Gasteiger partial charge in [0.05, 0.1) is 0 Å². The number of hydrogen-bond donors (Lipinski definition) is 1. The zero-order valence-electron chi connectivity index (χ0n) is 10.1. The van der Waals surface area contributed by atoms with Crippen LogP contribution >= 0.6 is 11.6 Å². The van der Waals surface area contributed by atoms with Crippen LogP contribution in [0, 0.1) is 0 Å². The van der Waals surface area contributed by atoms with Gasteiger partial charge < -0.3 is 5.73 Å². The fraction of sp³-hybridized carbons (Fsp3) is 0.125. The maximum Gasteiger partial charge on any atom is 0.0480 e. The highest BCUT2D eigenvalue weighted by Crippen LogP contribution is 2.28. The van der Waals surface area contributed by atoms with E-state index in [1.54, 1.807) is 0 Å². The van der Waals surface area contributed by atoms with E-state index in [1.807, 2.05) is 54.6 Å². The lowest BCUT2D eigenvalue weighted by Gasteiger charge is -2.14. The van der Waals surface area contributed by atoms with Gasteiger partial charge in [0.1, 0.15) is 0 Å². The third-order valence-electron chi connectivity index (χ3n) is 2.95. The second kappa shape index (κ2) is 5.85. The molecule has 0 aromatic heterocycles. The molecule has 0 aliphatic carbocycles. The van der Waals surface area contributed by atoms with E-state index in [2.05, 4.69) is 6.58 Å². The minimum atomic E-state index is -0.0463. The molecule has 0 aliphatic rings. The Bertz CT molecular complexity index is 534. The molecule has 1 nitrogen and oxygen atoms in total. The van der Waals surface area contributed by atoms with Gasteiger partial charge in [-0.25, -0.2) is 0 Å². The number of benzene rings is 2. The van der Waals surface area contributed by atoms with Gasteiger partial charge in [-0.15, -0.1) is 0 Å². The topological polar surface area (TPSA) is 26.0 Å². The summed E-state index contributed by atoms with van der Waals surface area (Å²) in [5.41, 5.74) is 9.24. The van der Waals surface area contributed by atoms with Gasteiger partial charge >= 0.3 is 0 Å². The quantitative estimate of drug-likeness (QED) is 0.861. The molecule has 0 bridgehead atoms. The van der Waals surface area contributed by atoms with Crippen LogP contribution in [0.3, 0.4) is 0 Å². The molecule has 2 aromatic carbocycles. The summed E-state index contributed by atoms with van der Waals surface area (Å²) in [7, 11) is 0. The van der Waals surface area contributed by atoms with Crippen molar-refractivity contribution < 1.29 is 0 Å².